The van der Waals surface area contributed by atoms with Gasteiger partial charge < -0.3 is 30.4 Å². The molecule has 9 nitrogen and oxygen atoms in total. The van der Waals surface area contributed by atoms with Gasteiger partial charge >= 0.3 is 5.97 Å². The van der Waals surface area contributed by atoms with Crippen molar-refractivity contribution in [3.63, 3.8) is 0 Å². The molecule has 0 bridgehead atoms. The van der Waals surface area contributed by atoms with E-state index in [1.165, 1.54) is 0 Å². The van der Waals surface area contributed by atoms with Gasteiger partial charge in [0, 0.05) is 43.3 Å². The highest BCUT2D eigenvalue weighted by Gasteiger charge is 2.20. The van der Waals surface area contributed by atoms with E-state index in [4.69, 9.17) is 61.9 Å². The van der Waals surface area contributed by atoms with Crippen LogP contribution in [0.1, 0.15) is 36.1 Å². The molecule has 5 rings (SSSR count). The zero-order valence-electron chi connectivity index (χ0n) is 26.6. The Kier molecular flexibility index (Phi) is 12.4. The van der Waals surface area contributed by atoms with Crippen LogP contribution in [0.4, 0.5) is 5.69 Å². The van der Waals surface area contributed by atoms with Crippen LogP contribution < -0.4 is 16.0 Å². The Labute approximate surface area is 304 Å². The van der Waals surface area contributed by atoms with Crippen molar-refractivity contribution < 1.29 is 19.4 Å². The summed E-state index contributed by atoms with van der Waals surface area (Å²) >= 11 is 24.9. The number of carbonyl (C=O) groups is 2. The van der Waals surface area contributed by atoms with Gasteiger partial charge in [0.05, 0.1) is 44.3 Å². The molecule has 1 unspecified atom stereocenters. The number of anilines is 1. The SMILES string of the molecule is CCOC(=O)CN(CCO)c1ccc(-c2nc3cc(C(CC(N)=O)NCc4ccc(Cl)c(Cl)c4)ccc3n2Cc2ccc(Cl)c(Cl)c2)cc1. The summed E-state index contributed by atoms with van der Waals surface area (Å²) in [5, 5.41) is 14.9. The summed E-state index contributed by atoms with van der Waals surface area (Å²) in [7, 11) is 0. The van der Waals surface area contributed by atoms with Crippen molar-refractivity contribution in [1.82, 2.24) is 14.9 Å². The Hall–Kier alpha value is -3.83. The number of carbonyl (C=O) groups excluding carboxylic acids is 2. The normalized spacial score (nSPS) is 11.9. The number of nitrogens with zero attached hydrogens (tertiary/aromatic N) is 3. The second kappa shape index (κ2) is 16.7. The van der Waals surface area contributed by atoms with Crippen LogP contribution in [0.3, 0.4) is 0 Å². The van der Waals surface area contributed by atoms with Crippen LogP contribution in [0.25, 0.3) is 22.4 Å². The van der Waals surface area contributed by atoms with Crippen molar-refractivity contribution in [2.75, 3.05) is 31.2 Å². The van der Waals surface area contributed by atoms with Crippen LogP contribution >= 0.6 is 46.4 Å². The van der Waals surface area contributed by atoms with Crippen LogP contribution in [0.2, 0.25) is 20.1 Å². The van der Waals surface area contributed by atoms with Gasteiger partial charge in [-0.15, -0.1) is 0 Å². The van der Waals surface area contributed by atoms with E-state index in [-0.39, 0.29) is 38.7 Å². The molecular weight excluding hydrogens is 708 g/mol. The van der Waals surface area contributed by atoms with Crippen molar-refractivity contribution in [2.45, 2.75) is 32.5 Å². The largest absolute Gasteiger partial charge is 0.465 e. The van der Waals surface area contributed by atoms with Crippen molar-refractivity contribution in [3.8, 4) is 11.4 Å². The number of aromatic nitrogens is 2. The van der Waals surface area contributed by atoms with Gasteiger partial charge in [-0.2, -0.15) is 0 Å². The molecule has 13 heteroatoms. The number of rotatable bonds is 15. The number of fused-ring (bicyclic) bond motifs is 1. The minimum atomic E-state index is -0.448. The fourth-order valence-corrected chi connectivity index (χ4v) is 6.21. The summed E-state index contributed by atoms with van der Waals surface area (Å²) in [4.78, 5) is 31.2. The molecule has 256 valence electrons. The number of halogens is 4. The maximum atomic E-state index is 12.2. The number of nitrogens with two attached hydrogens (primary N) is 1. The third kappa shape index (κ3) is 9.25. The molecule has 1 atom stereocenters. The molecule has 0 radical (unpaired) electrons. The van der Waals surface area contributed by atoms with Crippen LogP contribution in [-0.4, -0.2) is 52.8 Å². The first-order valence-corrected chi connectivity index (χ1v) is 17.1. The minimum Gasteiger partial charge on any atom is -0.465 e. The standard InChI is InChI=1S/C36H35Cl4N5O4/c1-2-49-35(48)21-44(13-14-46)26-8-5-24(6-9-26)36-43-32-17-25(7-12-33(32)45(36)20-23-4-11-28(38)30(40)16-23)31(18-34(41)47)42-19-22-3-10-27(37)29(39)15-22/h3-12,15-17,31,42,46H,2,13-14,18-21H2,1H3,(H2,41,47). The maximum Gasteiger partial charge on any atom is 0.325 e. The summed E-state index contributed by atoms with van der Waals surface area (Å²) in [6.45, 7) is 3.06. The van der Waals surface area contributed by atoms with Gasteiger partial charge in [0.2, 0.25) is 5.91 Å². The van der Waals surface area contributed by atoms with E-state index in [0.717, 1.165) is 33.5 Å². The summed E-state index contributed by atoms with van der Waals surface area (Å²) in [5.41, 5.74) is 11.5. The molecule has 49 heavy (non-hydrogen) atoms. The van der Waals surface area contributed by atoms with E-state index in [1.807, 2.05) is 60.7 Å². The maximum absolute atomic E-state index is 12.2. The first kappa shape index (κ1) is 36.5. The smallest absolute Gasteiger partial charge is 0.325 e. The molecule has 0 saturated heterocycles. The zero-order valence-corrected chi connectivity index (χ0v) is 29.7. The van der Waals surface area contributed by atoms with Gasteiger partial charge in [0.1, 0.15) is 12.4 Å². The first-order chi connectivity index (χ1) is 23.6. The number of aliphatic hydroxyl groups excluding tert-OH is 1. The number of hydrogen-bond donors (Lipinski definition) is 3. The molecule has 1 heterocycles. The van der Waals surface area contributed by atoms with Crippen LogP contribution in [0.15, 0.2) is 78.9 Å². The van der Waals surface area contributed by atoms with Gasteiger partial charge in [-0.05, 0) is 84.3 Å². The number of benzene rings is 4. The summed E-state index contributed by atoms with van der Waals surface area (Å²) < 4.78 is 7.20. The number of nitrogens with one attached hydrogen (secondary N) is 1. The number of aliphatic hydroxyl groups is 1. The van der Waals surface area contributed by atoms with Crippen molar-refractivity contribution in [1.29, 1.82) is 0 Å². The minimum absolute atomic E-state index is 0.0118. The number of esters is 1. The molecule has 5 aromatic rings. The van der Waals surface area contributed by atoms with E-state index in [0.29, 0.717) is 44.5 Å². The summed E-state index contributed by atoms with van der Waals surface area (Å²) in [5.74, 6) is -0.129. The molecule has 0 aliphatic rings. The Balaban J connectivity index is 1.52. The molecule has 4 N–H and O–H groups in total. The highest BCUT2D eigenvalue weighted by atomic mass is 35.5. The topological polar surface area (TPSA) is 123 Å². The lowest BCUT2D eigenvalue weighted by molar-refractivity contribution is -0.141. The van der Waals surface area contributed by atoms with E-state index in [9.17, 15) is 14.7 Å². The van der Waals surface area contributed by atoms with Gasteiger partial charge in [-0.25, -0.2) is 4.98 Å². The zero-order chi connectivity index (χ0) is 35.1. The molecule has 0 spiro atoms. The van der Waals surface area contributed by atoms with Crippen molar-refractivity contribution in [2.24, 2.45) is 5.73 Å². The average molecular weight is 744 g/mol. The second-order valence-corrected chi connectivity index (χ2v) is 13.0. The number of primary amides is 1. The predicted octanol–water partition coefficient (Wildman–Crippen LogP) is 7.43. The number of amides is 1. The Morgan fingerprint density at radius 1 is 0.918 bits per heavy atom. The number of imidazole rings is 1. The third-order valence-electron chi connectivity index (χ3n) is 7.93. The monoisotopic (exact) mass is 741 g/mol. The quantitative estimate of drug-likeness (QED) is 0.0954. The molecule has 0 aliphatic heterocycles. The highest BCUT2D eigenvalue weighted by Crippen LogP contribution is 2.32. The Bertz CT molecular complexity index is 1950. The van der Waals surface area contributed by atoms with Crippen LogP contribution in [0.5, 0.6) is 0 Å². The van der Waals surface area contributed by atoms with Crippen LogP contribution in [0, 0.1) is 0 Å². The van der Waals surface area contributed by atoms with Gasteiger partial charge in [0.25, 0.3) is 0 Å². The average Bonchev–Trinajstić information content (AvgIpc) is 3.43. The highest BCUT2D eigenvalue weighted by molar-refractivity contribution is 6.42. The molecule has 0 aliphatic carbocycles. The fraction of sp³-hybridized carbons (Fsp3) is 0.250. The lowest BCUT2D eigenvalue weighted by Crippen LogP contribution is -2.33. The lowest BCUT2D eigenvalue weighted by atomic mass is 10.0. The fourth-order valence-electron chi connectivity index (χ4n) is 5.57. The molecule has 0 saturated carbocycles. The van der Waals surface area contributed by atoms with Gasteiger partial charge in [-0.1, -0.05) is 64.6 Å². The number of ether oxygens (including phenoxy) is 1. The van der Waals surface area contributed by atoms with Crippen molar-refractivity contribution >= 4 is 75.0 Å². The summed E-state index contributed by atoms with van der Waals surface area (Å²) in [6, 6.07) is 24.0. The molecular formula is C36H35Cl4N5O4. The molecule has 0 fully saturated rings. The van der Waals surface area contributed by atoms with Gasteiger partial charge in [0.15, 0.2) is 0 Å². The number of hydrogen-bond acceptors (Lipinski definition) is 7. The Morgan fingerprint density at radius 3 is 2.22 bits per heavy atom. The van der Waals surface area contributed by atoms with E-state index in [2.05, 4.69) is 9.88 Å². The first-order valence-electron chi connectivity index (χ1n) is 15.6. The van der Waals surface area contributed by atoms with Crippen molar-refractivity contribution in [3.05, 3.63) is 116 Å². The molecule has 1 amide bonds. The van der Waals surface area contributed by atoms with E-state index < -0.39 is 11.9 Å². The van der Waals surface area contributed by atoms with Gasteiger partial charge in [-0.3, -0.25) is 9.59 Å². The van der Waals surface area contributed by atoms with Crippen LogP contribution in [-0.2, 0) is 27.4 Å². The molecule has 1 aromatic heterocycles. The Morgan fingerprint density at radius 2 is 1.59 bits per heavy atom. The third-order valence-corrected chi connectivity index (χ3v) is 9.41. The lowest BCUT2D eigenvalue weighted by Gasteiger charge is -2.23. The summed E-state index contributed by atoms with van der Waals surface area (Å²) in [6.07, 6.45) is 0.0707. The van der Waals surface area contributed by atoms with E-state index in [1.54, 1.807) is 30.0 Å². The van der Waals surface area contributed by atoms with E-state index >= 15 is 0 Å². The molecule has 4 aromatic carbocycles. The second-order valence-electron chi connectivity index (χ2n) is 11.4. The predicted molar refractivity (Wildman–Crippen MR) is 197 cm³/mol.